The number of nitrogens with zero attached hydrogens (tertiary/aromatic N) is 1. The maximum absolute atomic E-state index is 12.4. The summed E-state index contributed by atoms with van der Waals surface area (Å²) in [6.07, 6.45) is 2.13. The number of aliphatic hydroxyl groups is 1. The minimum atomic E-state index is 0.0396. The standard InChI is InChI=1S/C14H16BrNO2/c15-10(8-17)11-6-7-12-13(16(11)12)14(18)9-4-2-1-3-5-9/h1-5,10-13,17H,6-8H2/t10-,11+,12-,13+,16?/m1/s1. The van der Waals surface area contributed by atoms with Gasteiger partial charge in [0, 0.05) is 17.6 Å². The van der Waals surface area contributed by atoms with Crippen LogP contribution in [-0.4, -0.2) is 45.3 Å². The minimum Gasteiger partial charge on any atom is -0.395 e. The molecule has 0 saturated carbocycles. The van der Waals surface area contributed by atoms with Gasteiger partial charge in [-0.2, -0.15) is 0 Å². The van der Waals surface area contributed by atoms with Crippen molar-refractivity contribution in [3.63, 3.8) is 0 Å². The lowest BCUT2D eigenvalue weighted by Gasteiger charge is -2.19. The lowest BCUT2D eigenvalue weighted by atomic mass is 10.0. The van der Waals surface area contributed by atoms with Crippen molar-refractivity contribution < 1.29 is 9.90 Å². The summed E-state index contributed by atoms with van der Waals surface area (Å²) in [5, 5.41) is 9.21. The molecular formula is C14H16BrNO2. The van der Waals surface area contributed by atoms with Crippen molar-refractivity contribution in [3.8, 4) is 0 Å². The van der Waals surface area contributed by atoms with Gasteiger partial charge in [0.05, 0.1) is 17.5 Å². The number of aliphatic hydroxyl groups excluding tert-OH is 1. The van der Waals surface area contributed by atoms with Gasteiger partial charge in [-0.3, -0.25) is 9.69 Å². The molecule has 2 aliphatic rings. The smallest absolute Gasteiger partial charge is 0.181 e. The third kappa shape index (κ3) is 1.92. The maximum Gasteiger partial charge on any atom is 0.181 e. The third-order valence-corrected chi connectivity index (χ3v) is 4.94. The van der Waals surface area contributed by atoms with E-state index in [4.69, 9.17) is 0 Å². The van der Waals surface area contributed by atoms with Crippen molar-refractivity contribution in [1.29, 1.82) is 0 Å². The van der Waals surface area contributed by atoms with Crippen LogP contribution >= 0.6 is 15.9 Å². The summed E-state index contributed by atoms with van der Waals surface area (Å²) in [5.41, 5.74) is 0.797. The predicted molar refractivity (Wildman–Crippen MR) is 73.0 cm³/mol. The number of rotatable bonds is 4. The summed E-state index contributed by atoms with van der Waals surface area (Å²) in [6, 6.07) is 10.2. The van der Waals surface area contributed by atoms with Crippen molar-refractivity contribution in [3.05, 3.63) is 35.9 Å². The number of carbonyl (C=O) groups excluding carboxylic acids is 1. The van der Waals surface area contributed by atoms with Crippen LogP contribution in [0.1, 0.15) is 23.2 Å². The average molecular weight is 310 g/mol. The molecule has 2 fully saturated rings. The van der Waals surface area contributed by atoms with Gasteiger partial charge in [0.1, 0.15) is 0 Å². The number of ketones is 1. The number of carbonyl (C=O) groups is 1. The molecule has 0 aliphatic carbocycles. The lowest BCUT2D eigenvalue weighted by Crippen LogP contribution is -2.32. The van der Waals surface area contributed by atoms with Crippen LogP contribution in [0.3, 0.4) is 0 Å². The van der Waals surface area contributed by atoms with Gasteiger partial charge < -0.3 is 5.11 Å². The molecule has 2 heterocycles. The maximum atomic E-state index is 12.4. The summed E-state index contributed by atoms with van der Waals surface area (Å²) >= 11 is 3.50. The van der Waals surface area contributed by atoms with Crippen LogP contribution in [0.5, 0.6) is 0 Å². The molecule has 1 aromatic carbocycles. The van der Waals surface area contributed by atoms with Crippen LogP contribution in [-0.2, 0) is 0 Å². The highest BCUT2D eigenvalue weighted by Crippen LogP contribution is 2.46. The molecule has 0 radical (unpaired) electrons. The summed E-state index contributed by atoms with van der Waals surface area (Å²) in [7, 11) is 0. The first-order valence-electron chi connectivity index (χ1n) is 6.35. The van der Waals surface area contributed by atoms with E-state index in [9.17, 15) is 9.90 Å². The SMILES string of the molecule is O=C(c1ccccc1)[C@@H]1[C@H]2CC[C@@H]([C@H](Br)CO)N21. The van der Waals surface area contributed by atoms with E-state index in [0.29, 0.717) is 12.1 Å². The molecule has 0 aromatic heterocycles. The fraction of sp³-hybridized carbons (Fsp3) is 0.500. The van der Waals surface area contributed by atoms with E-state index in [1.165, 1.54) is 0 Å². The first-order chi connectivity index (χ1) is 8.74. The highest BCUT2D eigenvalue weighted by molar-refractivity contribution is 9.09. The van der Waals surface area contributed by atoms with E-state index >= 15 is 0 Å². The van der Waals surface area contributed by atoms with Crippen molar-refractivity contribution in [2.75, 3.05) is 6.61 Å². The first-order valence-corrected chi connectivity index (χ1v) is 7.27. The number of Topliss-reactive ketones (excluding diaryl/α,β-unsaturated/α-hetero) is 1. The Morgan fingerprint density at radius 2 is 2.11 bits per heavy atom. The molecule has 18 heavy (non-hydrogen) atoms. The van der Waals surface area contributed by atoms with Crippen molar-refractivity contribution >= 4 is 21.7 Å². The van der Waals surface area contributed by atoms with Gasteiger partial charge in [-0.1, -0.05) is 46.3 Å². The zero-order chi connectivity index (χ0) is 12.7. The number of hydrogen-bond donors (Lipinski definition) is 1. The number of fused-ring (bicyclic) bond motifs is 1. The largest absolute Gasteiger partial charge is 0.395 e. The first kappa shape index (κ1) is 12.3. The van der Waals surface area contributed by atoms with E-state index in [0.717, 1.165) is 18.4 Å². The molecule has 0 spiro atoms. The number of alkyl halides is 1. The molecule has 1 aromatic rings. The van der Waals surface area contributed by atoms with Crippen LogP contribution in [0.25, 0.3) is 0 Å². The van der Waals surface area contributed by atoms with Gasteiger partial charge in [-0.05, 0) is 12.8 Å². The number of hydrogen-bond acceptors (Lipinski definition) is 3. The molecule has 4 heteroatoms. The molecule has 5 atom stereocenters. The highest BCUT2D eigenvalue weighted by atomic mass is 79.9. The molecule has 0 bridgehead atoms. The Bertz CT molecular complexity index is 450. The Balaban J connectivity index is 1.72. The van der Waals surface area contributed by atoms with E-state index in [1.54, 1.807) is 0 Å². The van der Waals surface area contributed by atoms with Gasteiger partial charge >= 0.3 is 0 Å². The summed E-state index contributed by atoms with van der Waals surface area (Å²) in [4.78, 5) is 14.7. The quantitative estimate of drug-likeness (QED) is 0.524. The fourth-order valence-corrected chi connectivity index (χ4v) is 3.66. The van der Waals surface area contributed by atoms with Gasteiger partial charge in [-0.25, -0.2) is 0 Å². The van der Waals surface area contributed by atoms with E-state index in [-0.39, 0.29) is 23.3 Å². The van der Waals surface area contributed by atoms with Crippen LogP contribution < -0.4 is 0 Å². The average Bonchev–Trinajstić information content (AvgIpc) is 2.97. The van der Waals surface area contributed by atoms with Crippen molar-refractivity contribution in [2.24, 2.45) is 0 Å². The summed E-state index contributed by atoms with van der Waals surface area (Å²) in [5.74, 6) is 0.225. The van der Waals surface area contributed by atoms with Gasteiger partial charge in [0.15, 0.2) is 5.78 Å². The molecule has 2 saturated heterocycles. The second-order valence-electron chi connectivity index (χ2n) is 5.03. The van der Waals surface area contributed by atoms with Crippen molar-refractivity contribution in [1.82, 2.24) is 4.90 Å². The molecule has 3 rings (SSSR count). The molecule has 1 unspecified atom stereocenters. The monoisotopic (exact) mass is 309 g/mol. The van der Waals surface area contributed by atoms with Gasteiger partial charge in [0.2, 0.25) is 0 Å². The van der Waals surface area contributed by atoms with Gasteiger partial charge in [-0.15, -0.1) is 0 Å². The second kappa shape index (κ2) is 4.76. The third-order valence-electron chi connectivity index (χ3n) is 4.04. The number of piperidine rings is 1. The predicted octanol–water partition coefficient (Wildman–Crippen LogP) is 1.84. The van der Waals surface area contributed by atoms with E-state index < -0.39 is 0 Å². The summed E-state index contributed by atoms with van der Waals surface area (Å²) in [6.45, 7) is 0.125. The Kier molecular flexibility index (Phi) is 3.26. The normalized spacial score (nSPS) is 35.0. The molecular weight excluding hydrogens is 294 g/mol. The Morgan fingerprint density at radius 1 is 1.39 bits per heavy atom. The molecule has 0 amide bonds. The number of halogens is 1. The molecule has 96 valence electrons. The lowest BCUT2D eigenvalue weighted by molar-refractivity contribution is 0.0962. The summed E-state index contributed by atoms with van der Waals surface area (Å²) < 4.78 is 0. The van der Waals surface area contributed by atoms with Gasteiger partial charge in [0.25, 0.3) is 0 Å². The Morgan fingerprint density at radius 3 is 2.78 bits per heavy atom. The van der Waals surface area contributed by atoms with E-state index in [2.05, 4.69) is 20.8 Å². The highest BCUT2D eigenvalue weighted by Gasteiger charge is 2.59. The van der Waals surface area contributed by atoms with Crippen LogP contribution in [0.15, 0.2) is 30.3 Å². The minimum absolute atomic E-state index is 0.0396. The van der Waals surface area contributed by atoms with Crippen molar-refractivity contribution in [2.45, 2.75) is 35.8 Å². The van der Waals surface area contributed by atoms with Crippen LogP contribution in [0, 0.1) is 0 Å². The Labute approximate surface area is 115 Å². The zero-order valence-electron chi connectivity index (χ0n) is 10.00. The molecule has 1 N–H and O–H groups in total. The van der Waals surface area contributed by atoms with Crippen LogP contribution in [0.2, 0.25) is 0 Å². The Hall–Kier alpha value is -0.710. The fourth-order valence-electron chi connectivity index (χ4n) is 3.12. The second-order valence-corrected chi connectivity index (χ2v) is 6.21. The molecule has 2 aliphatic heterocycles. The van der Waals surface area contributed by atoms with E-state index in [1.807, 2.05) is 30.3 Å². The number of benzene rings is 1. The molecule has 3 nitrogen and oxygen atoms in total. The topological polar surface area (TPSA) is 40.3 Å². The zero-order valence-corrected chi connectivity index (χ0v) is 11.6. The van der Waals surface area contributed by atoms with Crippen LogP contribution in [0.4, 0.5) is 0 Å².